The fourth-order valence-corrected chi connectivity index (χ4v) is 1.60. The van der Waals surface area contributed by atoms with Crippen LogP contribution in [0.4, 0.5) is 0 Å². The SMILES string of the molecule is O=C(O)CO[SH]1C=CC=C1. The maximum atomic E-state index is 9.99. The highest BCUT2D eigenvalue weighted by molar-refractivity contribution is 8.18. The summed E-state index contributed by atoms with van der Waals surface area (Å²) < 4.78 is 4.96. The number of thiol groups is 1. The van der Waals surface area contributed by atoms with E-state index >= 15 is 0 Å². The average Bonchev–Trinajstić information content (AvgIpc) is 2.34. The van der Waals surface area contributed by atoms with E-state index in [4.69, 9.17) is 9.29 Å². The molecule has 0 amide bonds. The summed E-state index contributed by atoms with van der Waals surface area (Å²) in [5.74, 6) is -0.920. The van der Waals surface area contributed by atoms with Crippen molar-refractivity contribution in [3.05, 3.63) is 23.0 Å². The first-order chi connectivity index (χ1) is 4.79. The quantitative estimate of drug-likeness (QED) is 0.606. The van der Waals surface area contributed by atoms with Gasteiger partial charge in [0, 0.05) is 0 Å². The molecule has 0 bridgehead atoms. The Morgan fingerprint density at radius 1 is 1.50 bits per heavy atom. The molecule has 0 spiro atoms. The van der Waals surface area contributed by atoms with Crippen molar-refractivity contribution in [1.29, 1.82) is 0 Å². The monoisotopic (exact) mass is 160 g/mol. The number of carboxylic acid groups (broad SMARTS) is 1. The summed E-state index contributed by atoms with van der Waals surface area (Å²) in [6.07, 6.45) is 3.71. The van der Waals surface area contributed by atoms with Gasteiger partial charge in [-0.15, -0.1) is 11.2 Å². The van der Waals surface area contributed by atoms with E-state index in [-0.39, 0.29) is 6.61 Å². The topological polar surface area (TPSA) is 46.5 Å². The number of carboxylic acids is 1. The first-order valence-electron chi connectivity index (χ1n) is 2.77. The van der Waals surface area contributed by atoms with E-state index in [1.165, 1.54) is 0 Å². The Kier molecular flexibility index (Phi) is 2.53. The highest BCUT2D eigenvalue weighted by Crippen LogP contribution is 2.33. The largest absolute Gasteiger partial charge is 0.479 e. The van der Waals surface area contributed by atoms with E-state index in [1.807, 2.05) is 23.0 Å². The summed E-state index contributed by atoms with van der Waals surface area (Å²) in [5.41, 5.74) is 0. The molecule has 0 saturated heterocycles. The predicted molar refractivity (Wildman–Crippen MR) is 40.9 cm³/mol. The molecule has 4 heteroatoms. The van der Waals surface area contributed by atoms with Gasteiger partial charge in [-0.05, 0) is 10.8 Å². The van der Waals surface area contributed by atoms with Crippen LogP contribution in [0.5, 0.6) is 0 Å². The molecule has 0 fully saturated rings. The summed E-state index contributed by atoms with van der Waals surface area (Å²) >= 11 is -0.720. The fourth-order valence-electron chi connectivity index (χ4n) is 0.535. The van der Waals surface area contributed by atoms with E-state index < -0.39 is 17.1 Å². The third-order valence-corrected chi connectivity index (χ3v) is 2.27. The molecule has 1 aliphatic rings. The minimum Gasteiger partial charge on any atom is -0.479 e. The van der Waals surface area contributed by atoms with E-state index in [2.05, 4.69) is 0 Å². The van der Waals surface area contributed by atoms with E-state index in [0.29, 0.717) is 0 Å². The molecule has 1 N–H and O–H groups in total. The maximum Gasteiger partial charge on any atom is 0.330 e. The minimum atomic E-state index is -0.920. The molecule has 1 rings (SSSR count). The molecule has 0 atom stereocenters. The third kappa shape index (κ3) is 2.24. The van der Waals surface area contributed by atoms with Crippen molar-refractivity contribution in [2.45, 2.75) is 0 Å². The summed E-state index contributed by atoms with van der Waals surface area (Å²) in [6.45, 7) is -0.208. The van der Waals surface area contributed by atoms with Crippen molar-refractivity contribution < 1.29 is 14.1 Å². The Hall–Kier alpha value is -0.740. The Morgan fingerprint density at radius 3 is 2.60 bits per heavy atom. The molecule has 0 aromatic heterocycles. The molecule has 56 valence electrons. The molecular formula is C6H8O3S. The second-order valence-electron chi connectivity index (χ2n) is 1.71. The Morgan fingerprint density at radius 2 is 2.10 bits per heavy atom. The molecule has 0 aromatic rings. The third-order valence-electron chi connectivity index (χ3n) is 0.914. The van der Waals surface area contributed by atoms with Crippen molar-refractivity contribution in [3.8, 4) is 0 Å². The molecule has 0 aromatic carbocycles. The minimum absolute atomic E-state index is 0.208. The lowest BCUT2D eigenvalue weighted by atomic mass is 10.6. The molecule has 0 radical (unpaired) electrons. The van der Waals surface area contributed by atoms with Crippen LogP contribution in [0.1, 0.15) is 0 Å². The predicted octanol–water partition coefficient (Wildman–Crippen LogP) is 1.04. The number of carbonyl (C=O) groups is 1. The van der Waals surface area contributed by atoms with Gasteiger partial charge in [0.15, 0.2) is 6.61 Å². The number of allylic oxidation sites excluding steroid dienone is 2. The Balaban J connectivity index is 2.20. The molecule has 0 saturated carbocycles. The lowest BCUT2D eigenvalue weighted by Crippen LogP contribution is -2.03. The highest BCUT2D eigenvalue weighted by Gasteiger charge is 2.01. The van der Waals surface area contributed by atoms with Gasteiger partial charge in [0.25, 0.3) is 0 Å². The molecule has 1 heterocycles. The van der Waals surface area contributed by atoms with E-state index in [1.54, 1.807) is 0 Å². The number of hydrogen-bond acceptors (Lipinski definition) is 2. The van der Waals surface area contributed by atoms with E-state index in [9.17, 15) is 4.79 Å². The van der Waals surface area contributed by atoms with Gasteiger partial charge in [0.05, 0.1) is 0 Å². The van der Waals surface area contributed by atoms with Crippen LogP contribution in [-0.2, 0) is 8.98 Å². The summed E-state index contributed by atoms with van der Waals surface area (Å²) in [4.78, 5) is 9.99. The number of hydrogen-bond donors (Lipinski definition) is 2. The number of aliphatic carboxylic acids is 1. The first-order valence-corrected chi connectivity index (χ1v) is 4.17. The van der Waals surface area contributed by atoms with Crippen molar-refractivity contribution in [3.63, 3.8) is 0 Å². The van der Waals surface area contributed by atoms with Gasteiger partial charge in [-0.25, -0.2) is 4.79 Å². The van der Waals surface area contributed by atoms with E-state index in [0.717, 1.165) is 0 Å². The summed E-state index contributed by atoms with van der Waals surface area (Å²) in [6, 6.07) is 0. The second-order valence-corrected chi connectivity index (χ2v) is 3.28. The molecule has 0 aliphatic carbocycles. The smallest absolute Gasteiger partial charge is 0.330 e. The lowest BCUT2D eigenvalue weighted by molar-refractivity contribution is -0.138. The fraction of sp³-hybridized carbons (Fsp3) is 0.167. The molecule has 1 aliphatic heterocycles. The van der Waals surface area contributed by atoms with Crippen LogP contribution < -0.4 is 0 Å². The van der Waals surface area contributed by atoms with Crippen LogP contribution >= 0.6 is 11.2 Å². The van der Waals surface area contributed by atoms with Crippen LogP contribution in [0.25, 0.3) is 0 Å². The van der Waals surface area contributed by atoms with Crippen LogP contribution in [-0.4, -0.2) is 17.7 Å². The molecule has 10 heavy (non-hydrogen) atoms. The highest BCUT2D eigenvalue weighted by atomic mass is 32.2. The standard InChI is InChI=1S/C6H8O3S/c7-6(8)5-9-10-3-1-2-4-10/h1-4,10H,5H2,(H,7,8). The molecule has 3 nitrogen and oxygen atoms in total. The van der Waals surface area contributed by atoms with Gasteiger partial charge in [0.1, 0.15) is 0 Å². The van der Waals surface area contributed by atoms with Gasteiger partial charge in [0.2, 0.25) is 0 Å². The van der Waals surface area contributed by atoms with Gasteiger partial charge < -0.3 is 9.29 Å². The second kappa shape index (κ2) is 3.43. The number of rotatable bonds is 3. The lowest BCUT2D eigenvalue weighted by Gasteiger charge is -2.07. The Bertz CT molecular complexity index is 173. The van der Waals surface area contributed by atoms with Crippen molar-refractivity contribution in [1.82, 2.24) is 0 Å². The molecule has 0 unspecified atom stereocenters. The van der Waals surface area contributed by atoms with Gasteiger partial charge in [-0.3, -0.25) is 0 Å². The van der Waals surface area contributed by atoms with Crippen LogP contribution in [0, 0.1) is 0 Å². The zero-order chi connectivity index (χ0) is 7.40. The van der Waals surface area contributed by atoms with Crippen LogP contribution in [0.15, 0.2) is 23.0 Å². The van der Waals surface area contributed by atoms with Crippen LogP contribution in [0.3, 0.4) is 0 Å². The van der Waals surface area contributed by atoms with Gasteiger partial charge in [-0.1, -0.05) is 12.2 Å². The average molecular weight is 160 g/mol. The van der Waals surface area contributed by atoms with Crippen molar-refractivity contribution >= 4 is 17.1 Å². The summed E-state index contributed by atoms with van der Waals surface area (Å²) in [7, 11) is 0. The van der Waals surface area contributed by atoms with Crippen molar-refractivity contribution in [2.24, 2.45) is 0 Å². The molecular weight excluding hydrogens is 152 g/mol. The first kappa shape index (κ1) is 7.37. The zero-order valence-electron chi connectivity index (χ0n) is 5.23. The van der Waals surface area contributed by atoms with Gasteiger partial charge >= 0.3 is 5.97 Å². The Labute approximate surface area is 61.5 Å². The summed E-state index contributed by atoms with van der Waals surface area (Å²) in [5, 5.41) is 11.9. The van der Waals surface area contributed by atoms with Crippen LogP contribution in [0.2, 0.25) is 0 Å². The van der Waals surface area contributed by atoms with Gasteiger partial charge in [-0.2, -0.15) is 0 Å². The van der Waals surface area contributed by atoms with Crippen molar-refractivity contribution in [2.75, 3.05) is 6.61 Å². The zero-order valence-corrected chi connectivity index (χ0v) is 6.12. The maximum absolute atomic E-state index is 9.99. The normalized spacial score (nSPS) is 18.2.